The molecule has 0 spiro atoms. The molecular formula is C15H17Cl2N3O2. The number of benzene rings is 1. The van der Waals surface area contributed by atoms with Crippen molar-refractivity contribution in [3.8, 4) is 0 Å². The van der Waals surface area contributed by atoms with Gasteiger partial charge in [0.1, 0.15) is 5.76 Å². The third-order valence-corrected chi connectivity index (χ3v) is 3.68. The van der Waals surface area contributed by atoms with Crippen LogP contribution in [0.1, 0.15) is 11.8 Å². The van der Waals surface area contributed by atoms with E-state index in [4.69, 9.17) is 27.6 Å². The summed E-state index contributed by atoms with van der Waals surface area (Å²) in [6.07, 6.45) is 1.61. The Balaban J connectivity index is 1.94. The predicted octanol–water partition coefficient (Wildman–Crippen LogP) is 4.01. The number of rotatable bonds is 5. The van der Waals surface area contributed by atoms with E-state index in [0.29, 0.717) is 22.3 Å². The van der Waals surface area contributed by atoms with Crippen LogP contribution in [-0.4, -0.2) is 31.6 Å². The van der Waals surface area contributed by atoms with Gasteiger partial charge in [-0.15, -0.1) is 0 Å². The van der Waals surface area contributed by atoms with Gasteiger partial charge < -0.3 is 15.1 Å². The number of nitrogens with one attached hydrogen (secondary N) is 2. The van der Waals surface area contributed by atoms with Crippen molar-refractivity contribution in [2.75, 3.05) is 26.0 Å². The van der Waals surface area contributed by atoms with Gasteiger partial charge >= 0.3 is 6.03 Å². The summed E-state index contributed by atoms with van der Waals surface area (Å²) in [7, 11) is 3.84. The van der Waals surface area contributed by atoms with Gasteiger partial charge in [-0.1, -0.05) is 23.2 Å². The van der Waals surface area contributed by atoms with Gasteiger partial charge in [0, 0.05) is 11.6 Å². The maximum atomic E-state index is 12.0. The summed E-state index contributed by atoms with van der Waals surface area (Å²) in [6, 6.07) is 8.18. The molecule has 2 rings (SSSR count). The van der Waals surface area contributed by atoms with E-state index in [-0.39, 0.29) is 12.1 Å². The number of urea groups is 1. The number of carbonyl (C=O) groups excluding carboxylic acids is 1. The van der Waals surface area contributed by atoms with Crippen molar-refractivity contribution in [3.05, 3.63) is 52.4 Å². The van der Waals surface area contributed by atoms with Gasteiger partial charge in [0.25, 0.3) is 0 Å². The van der Waals surface area contributed by atoms with Crippen LogP contribution in [0.4, 0.5) is 10.5 Å². The highest BCUT2D eigenvalue weighted by atomic mass is 35.5. The highest BCUT2D eigenvalue weighted by Gasteiger charge is 2.18. The number of hydrogen-bond donors (Lipinski definition) is 2. The molecule has 1 unspecified atom stereocenters. The van der Waals surface area contributed by atoms with Crippen LogP contribution in [-0.2, 0) is 0 Å². The maximum Gasteiger partial charge on any atom is 0.319 e. The third kappa shape index (κ3) is 4.40. The van der Waals surface area contributed by atoms with Gasteiger partial charge in [0.2, 0.25) is 0 Å². The van der Waals surface area contributed by atoms with Crippen LogP contribution >= 0.6 is 23.2 Å². The molecule has 0 saturated heterocycles. The van der Waals surface area contributed by atoms with Gasteiger partial charge in [-0.25, -0.2) is 4.79 Å². The Morgan fingerprint density at radius 3 is 2.68 bits per heavy atom. The number of likely N-dealkylation sites (N-methyl/N-ethyl adjacent to an activating group) is 1. The van der Waals surface area contributed by atoms with Gasteiger partial charge in [0.05, 0.1) is 23.0 Å². The average Bonchev–Trinajstić information content (AvgIpc) is 2.96. The van der Waals surface area contributed by atoms with E-state index in [1.165, 1.54) is 0 Å². The first-order chi connectivity index (χ1) is 10.5. The topological polar surface area (TPSA) is 57.5 Å². The van der Waals surface area contributed by atoms with Gasteiger partial charge in [0.15, 0.2) is 0 Å². The molecule has 0 radical (unpaired) electrons. The van der Waals surface area contributed by atoms with Crippen LogP contribution in [0.2, 0.25) is 10.0 Å². The summed E-state index contributed by atoms with van der Waals surface area (Å²) in [6.45, 7) is 0.400. The molecule has 118 valence electrons. The van der Waals surface area contributed by atoms with Crippen LogP contribution in [0, 0.1) is 0 Å². The smallest absolute Gasteiger partial charge is 0.319 e. The van der Waals surface area contributed by atoms with E-state index in [0.717, 1.165) is 5.76 Å². The van der Waals surface area contributed by atoms with Crippen molar-refractivity contribution in [2.45, 2.75) is 6.04 Å². The second-order valence-corrected chi connectivity index (χ2v) is 5.80. The molecule has 1 aromatic carbocycles. The molecule has 2 amide bonds. The molecule has 0 bridgehead atoms. The Kier molecular flexibility index (Phi) is 5.71. The maximum absolute atomic E-state index is 12.0. The van der Waals surface area contributed by atoms with Crippen LogP contribution in [0.5, 0.6) is 0 Å². The molecule has 0 saturated carbocycles. The quantitative estimate of drug-likeness (QED) is 0.863. The minimum Gasteiger partial charge on any atom is -0.468 e. The largest absolute Gasteiger partial charge is 0.468 e. The Hall–Kier alpha value is -1.69. The molecule has 2 N–H and O–H groups in total. The first-order valence-corrected chi connectivity index (χ1v) is 7.42. The summed E-state index contributed by atoms with van der Waals surface area (Å²) in [5, 5.41) is 6.39. The van der Waals surface area contributed by atoms with E-state index < -0.39 is 0 Å². The molecule has 0 aliphatic heterocycles. The first-order valence-electron chi connectivity index (χ1n) is 6.67. The Morgan fingerprint density at radius 2 is 2.09 bits per heavy atom. The van der Waals surface area contributed by atoms with Crippen molar-refractivity contribution in [1.29, 1.82) is 0 Å². The molecular weight excluding hydrogens is 325 g/mol. The molecule has 7 heteroatoms. The lowest BCUT2D eigenvalue weighted by molar-refractivity contribution is 0.233. The Labute approximate surface area is 139 Å². The highest BCUT2D eigenvalue weighted by Crippen LogP contribution is 2.25. The summed E-state index contributed by atoms with van der Waals surface area (Å²) >= 11 is 11.8. The molecule has 1 atom stereocenters. The zero-order valence-electron chi connectivity index (χ0n) is 12.3. The van der Waals surface area contributed by atoms with Gasteiger partial charge in [-0.05, 0) is 44.4 Å². The number of amides is 2. The first kappa shape index (κ1) is 16.7. The normalized spacial score (nSPS) is 12.2. The minimum atomic E-state index is -0.345. The zero-order valence-corrected chi connectivity index (χ0v) is 13.8. The highest BCUT2D eigenvalue weighted by molar-refractivity contribution is 6.36. The van der Waals surface area contributed by atoms with Crippen LogP contribution in [0.15, 0.2) is 41.0 Å². The van der Waals surface area contributed by atoms with Crippen LogP contribution < -0.4 is 10.6 Å². The number of halogens is 2. The van der Waals surface area contributed by atoms with Crippen molar-refractivity contribution in [2.24, 2.45) is 0 Å². The number of hydrogen-bond acceptors (Lipinski definition) is 3. The number of carbonyl (C=O) groups is 1. The number of furan rings is 1. The minimum absolute atomic E-state index is 0.0542. The molecule has 0 fully saturated rings. The fraction of sp³-hybridized carbons (Fsp3) is 0.267. The molecule has 22 heavy (non-hydrogen) atoms. The lowest BCUT2D eigenvalue weighted by Crippen LogP contribution is -2.36. The molecule has 1 aromatic heterocycles. The summed E-state index contributed by atoms with van der Waals surface area (Å²) < 4.78 is 5.39. The molecule has 2 aromatic rings. The molecule has 5 nitrogen and oxygen atoms in total. The monoisotopic (exact) mass is 341 g/mol. The molecule has 1 heterocycles. The fourth-order valence-corrected chi connectivity index (χ4v) is 2.42. The van der Waals surface area contributed by atoms with E-state index in [9.17, 15) is 4.79 Å². The van der Waals surface area contributed by atoms with Crippen LogP contribution in [0.25, 0.3) is 0 Å². The third-order valence-electron chi connectivity index (χ3n) is 3.13. The summed E-state index contributed by atoms with van der Waals surface area (Å²) in [5.41, 5.74) is 0.503. The zero-order chi connectivity index (χ0) is 16.1. The number of anilines is 1. The van der Waals surface area contributed by atoms with E-state index in [1.54, 1.807) is 24.5 Å². The van der Waals surface area contributed by atoms with Crippen molar-refractivity contribution in [3.63, 3.8) is 0 Å². The lowest BCUT2D eigenvalue weighted by atomic mass is 10.2. The molecule has 0 aliphatic carbocycles. The fourth-order valence-electron chi connectivity index (χ4n) is 1.97. The number of nitrogens with zero attached hydrogens (tertiary/aromatic N) is 1. The van der Waals surface area contributed by atoms with Crippen molar-refractivity contribution >= 4 is 34.9 Å². The van der Waals surface area contributed by atoms with Gasteiger partial charge in [-0.3, -0.25) is 4.90 Å². The van der Waals surface area contributed by atoms with E-state index in [2.05, 4.69) is 10.6 Å². The average molecular weight is 342 g/mol. The standard InChI is InChI=1S/C15H17Cl2N3O2/c1-20(2)13(14-4-3-7-22-14)9-18-15(21)19-12-6-5-10(16)8-11(12)17/h3-8,13H,9H2,1-2H3,(H2,18,19,21). The molecule has 0 aliphatic rings. The van der Waals surface area contributed by atoms with Crippen LogP contribution in [0.3, 0.4) is 0 Å². The second kappa shape index (κ2) is 7.54. The van der Waals surface area contributed by atoms with E-state index >= 15 is 0 Å². The van der Waals surface area contributed by atoms with E-state index in [1.807, 2.05) is 31.1 Å². The van der Waals surface area contributed by atoms with Crippen molar-refractivity contribution < 1.29 is 9.21 Å². The summed E-state index contributed by atoms with van der Waals surface area (Å²) in [4.78, 5) is 13.9. The Bertz CT molecular complexity index is 630. The predicted molar refractivity (Wildman–Crippen MR) is 88.6 cm³/mol. The second-order valence-electron chi connectivity index (χ2n) is 4.95. The summed E-state index contributed by atoms with van der Waals surface area (Å²) in [5.74, 6) is 0.787. The van der Waals surface area contributed by atoms with Gasteiger partial charge in [-0.2, -0.15) is 0 Å². The lowest BCUT2D eigenvalue weighted by Gasteiger charge is -2.22. The SMILES string of the molecule is CN(C)C(CNC(=O)Nc1ccc(Cl)cc1Cl)c1ccco1. The van der Waals surface area contributed by atoms with Crippen molar-refractivity contribution in [1.82, 2.24) is 10.2 Å². The Morgan fingerprint density at radius 1 is 1.32 bits per heavy atom.